The van der Waals surface area contributed by atoms with Crippen molar-refractivity contribution in [1.82, 2.24) is 5.32 Å². The predicted molar refractivity (Wildman–Crippen MR) is 72.9 cm³/mol. The highest BCUT2D eigenvalue weighted by molar-refractivity contribution is 5.90. The summed E-state index contributed by atoms with van der Waals surface area (Å²) in [7, 11) is 0. The molecule has 2 amide bonds. The zero-order valence-corrected chi connectivity index (χ0v) is 10.7. The Labute approximate surface area is 112 Å². The van der Waals surface area contributed by atoms with Crippen LogP contribution in [0.15, 0.2) is 24.3 Å². The van der Waals surface area contributed by atoms with Gasteiger partial charge in [-0.05, 0) is 25.0 Å². The summed E-state index contributed by atoms with van der Waals surface area (Å²) in [5.41, 5.74) is 1.41. The SMILES string of the molecule is CC#CCNC(=O)Nc1ccccc1CCC(=O)O. The number of benzene rings is 1. The number of para-hydroxylation sites is 1. The molecule has 5 heteroatoms. The first-order valence-electron chi connectivity index (χ1n) is 5.87. The van der Waals surface area contributed by atoms with Crippen molar-refractivity contribution in [1.29, 1.82) is 0 Å². The lowest BCUT2D eigenvalue weighted by molar-refractivity contribution is -0.136. The van der Waals surface area contributed by atoms with Crippen LogP contribution in [0, 0.1) is 11.8 Å². The molecular weight excluding hydrogens is 244 g/mol. The van der Waals surface area contributed by atoms with Crippen LogP contribution in [-0.2, 0) is 11.2 Å². The number of amides is 2. The molecule has 0 spiro atoms. The highest BCUT2D eigenvalue weighted by atomic mass is 16.4. The fraction of sp³-hybridized carbons (Fsp3) is 0.286. The van der Waals surface area contributed by atoms with Crippen LogP contribution < -0.4 is 10.6 Å². The molecule has 1 rings (SSSR count). The van der Waals surface area contributed by atoms with Gasteiger partial charge in [-0.25, -0.2) is 4.79 Å². The van der Waals surface area contributed by atoms with E-state index in [2.05, 4.69) is 22.5 Å². The molecule has 0 aliphatic carbocycles. The molecule has 0 bridgehead atoms. The number of carbonyl (C=O) groups excluding carboxylic acids is 1. The average Bonchev–Trinajstić information content (AvgIpc) is 2.38. The van der Waals surface area contributed by atoms with Gasteiger partial charge in [0.25, 0.3) is 0 Å². The molecule has 0 radical (unpaired) electrons. The third kappa shape index (κ3) is 5.59. The fourth-order valence-electron chi connectivity index (χ4n) is 1.48. The lowest BCUT2D eigenvalue weighted by Crippen LogP contribution is -2.29. The predicted octanol–water partition coefficient (Wildman–Crippen LogP) is 1.85. The Balaban J connectivity index is 2.63. The van der Waals surface area contributed by atoms with Crippen molar-refractivity contribution in [2.24, 2.45) is 0 Å². The molecule has 0 saturated heterocycles. The number of hydrogen-bond acceptors (Lipinski definition) is 2. The van der Waals surface area contributed by atoms with Crippen molar-refractivity contribution < 1.29 is 14.7 Å². The van der Waals surface area contributed by atoms with Crippen molar-refractivity contribution in [2.45, 2.75) is 19.8 Å². The van der Waals surface area contributed by atoms with Gasteiger partial charge in [-0.15, -0.1) is 5.92 Å². The van der Waals surface area contributed by atoms with Crippen molar-refractivity contribution >= 4 is 17.7 Å². The maximum atomic E-state index is 11.6. The summed E-state index contributed by atoms with van der Waals surface area (Å²) >= 11 is 0. The van der Waals surface area contributed by atoms with Gasteiger partial charge in [0.05, 0.1) is 6.54 Å². The molecule has 100 valence electrons. The maximum absolute atomic E-state index is 11.6. The number of carbonyl (C=O) groups is 2. The van der Waals surface area contributed by atoms with Crippen molar-refractivity contribution in [3.05, 3.63) is 29.8 Å². The van der Waals surface area contributed by atoms with Crippen LogP contribution in [-0.4, -0.2) is 23.7 Å². The number of rotatable bonds is 5. The largest absolute Gasteiger partial charge is 0.481 e. The standard InChI is InChI=1S/C14H16N2O3/c1-2-3-10-15-14(19)16-12-7-5-4-6-11(12)8-9-13(17)18/h4-7H,8-10H2,1H3,(H,17,18)(H2,15,16,19). The zero-order valence-electron chi connectivity index (χ0n) is 10.7. The molecular formula is C14H16N2O3. The van der Waals surface area contributed by atoms with Gasteiger partial charge in [0.1, 0.15) is 0 Å². The molecule has 0 unspecified atom stereocenters. The van der Waals surface area contributed by atoms with Gasteiger partial charge < -0.3 is 15.7 Å². The molecule has 0 fully saturated rings. The second-order valence-corrected chi connectivity index (χ2v) is 3.79. The van der Waals surface area contributed by atoms with Crippen LogP contribution in [0.1, 0.15) is 18.9 Å². The first kappa shape index (κ1) is 14.6. The number of hydrogen-bond donors (Lipinski definition) is 3. The first-order chi connectivity index (χ1) is 9.13. The fourth-order valence-corrected chi connectivity index (χ4v) is 1.48. The van der Waals surface area contributed by atoms with Gasteiger partial charge in [-0.1, -0.05) is 24.1 Å². The van der Waals surface area contributed by atoms with Crippen molar-refractivity contribution in [2.75, 3.05) is 11.9 Å². The number of aliphatic carboxylic acids is 1. The number of nitrogens with one attached hydrogen (secondary N) is 2. The number of urea groups is 1. The number of carboxylic acid groups (broad SMARTS) is 1. The minimum absolute atomic E-state index is 0.0294. The molecule has 0 aromatic heterocycles. The Hall–Kier alpha value is -2.48. The molecule has 0 atom stereocenters. The summed E-state index contributed by atoms with van der Waals surface area (Å²) in [5, 5.41) is 13.9. The first-order valence-corrected chi connectivity index (χ1v) is 5.87. The van der Waals surface area contributed by atoms with Crippen molar-refractivity contribution in [3.63, 3.8) is 0 Å². The van der Waals surface area contributed by atoms with Crippen molar-refractivity contribution in [3.8, 4) is 11.8 Å². The molecule has 5 nitrogen and oxygen atoms in total. The summed E-state index contributed by atoms with van der Waals surface area (Å²) in [5.74, 6) is 4.53. The van der Waals surface area contributed by atoms with E-state index < -0.39 is 5.97 Å². The lowest BCUT2D eigenvalue weighted by atomic mass is 10.1. The van der Waals surface area contributed by atoms with E-state index >= 15 is 0 Å². The molecule has 3 N–H and O–H groups in total. The number of aryl methyl sites for hydroxylation is 1. The zero-order chi connectivity index (χ0) is 14.1. The van der Waals surface area contributed by atoms with Crippen LogP contribution in [0.2, 0.25) is 0 Å². The van der Waals surface area contributed by atoms with Crippen LogP contribution in [0.3, 0.4) is 0 Å². The van der Waals surface area contributed by atoms with E-state index in [1.54, 1.807) is 25.1 Å². The molecule has 0 aliphatic rings. The topological polar surface area (TPSA) is 78.4 Å². The third-order valence-electron chi connectivity index (χ3n) is 2.39. The summed E-state index contributed by atoms with van der Waals surface area (Å²) in [6.07, 6.45) is 0.405. The third-order valence-corrected chi connectivity index (χ3v) is 2.39. The molecule has 0 aliphatic heterocycles. The summed E-state index contributed by atoms with van der Waals surface area (Å²) in [6, 6.07) is 6.77. The van der Waals surface area contributed by atoms with E-state index in [9.17, 15) is 9.59 Å². The van der Waals surface area contributed by atoms with E-state index in [4.69, 9.17) is 5.11 Å². The maximum Gasteiger partial charge on any atom is 0.320 e. The number of carboxylic acids is 1. The molecule has 1 aromatic carbocycles. The Morgan fingerprint density at radius 2 is 2.05 bits per heavy atom. The summed E-state index contributed by atoms with van der Waals surface area (Å²) < 4.78 is 0. The van der Waals surface area contributed by atoms with Gasteiger partial charge in [-0.2, -0.15) is 0 Å². The normalized spacial score (nSPS) is 9.11. The van der Waals surface area contributed by atoms with Gasteiger partial charge in [0.15, 0.2) is 0 Å². The smallest absolute Gasteiger partial charge is 0.320 e. The second kappa shape index (κ2) is 7.77. The average molecular weight is 260 g/mol. The van der Waals surface area contributed by atoms with Crippen LogP contribution in [0.5, 0.6) is 0 Å². The summed E-state index contributed by atoms with van der Waals surface area (Å²) in [6.45, 7) is 1.97. The summed E-state index contributed by atoms with van der Waals surface area (Å²) in [4.78, 5) is 22.1. The Morgan fingerprint density at radius 1 is 1.32 bits per heavy atom. The highest BCUT2D eigenvalue weighted by Crippen LogP contribution is 2.16. The van der Waals surface area contributed by atoms with E-state index in [1.807, 2.05) is 6.07 Å². The van der Waals surface area contributed by atoms with Gasteiger partial charge >= 0.3 is 12.0 Å². The van der Waals surface area contributed by atoms with Crippen LogP contribution >= 0.6 is 0 Å². The molecule has 1 aromatic rings. The van der Waals surface area contributed by atoms with Gasteiger partial charge in [-0.3, -0.25) is 4.79 Å². The monoisotopic (exact) mass is 260 g/mol. The van der Waals surface area contributed by atoms with E-state index in [1.165, 1.54) is 0 Å². The van der Waals surface area contributed by atoms with Gasteiger partial charge in [0.2, 0.25) is 0 Å². The number of anilines is 1. The lowest BCUT2D eigenvalue weighted by Gasteiger charge is -2.10. The van der Waals surface area contributed by atoms with E-state index in [-0.39, 0.29) is 19.0 Å². The Bertz CT molecular complexity index is 515. The van der Waals surface area contributed by atoms with Crippen LogP contribution in [0.25, 0.3) is 0 Å². The quantitative estimate of drug-likeness (QED) is 0.707. The van der Waals surface area contributed by atoms with E-state index in [0.29, 0.717) is 12.1 Å². The molecule has 0 heterocycles. The van der Waals surface area contributed by atoms with E-state index in [0.717, 1.165) is 5.56 Å². The van der Waals surface area contributed by atoms with Crippen LogP contribution in [0.4, 0.5) is 10.5 Å². The minimum atomic E-state index is -0.863. The molecule has 0 saturated carbocycles. The van der Waals surface area contributed by atoms with Gasteiger partial charge in [0, 0.05) is 12.1 Å². The Morgan fingerprint density at radius 3 is 2.74 bits per heavy atom. The minimum Gasteiger partial charge on any atom is -0.481 e. The Kier molecular flexibility index (Phi) is 5.96. The highest BCUT2D eigenvalue weighted by Gasteiger charge is 2.07. The second-order valence-electron chi connectivity index (χ2n) is 3.79. The molecule has 19 heavy (non-hydrogen) atoms.